The van der Waals surface area contributed by atoms with Gasteiger partial charge in [-0.05, 0) is 24.3 Å². The van der Waals surface area contributed by atoms with Crippen LogP contribution >= 0.6 is 0 Å². The molecule has 7 nitrogen and oxygen atoms in total. The Morgan fingerprint density at radius 3 is 2.38 bits per heavy atom. The summed E-state index contributed by atoms with van der Waals surface area (Å²) in [6, 6.07) is 10.1. The van der Waals surface area contributed by atoms with Gasteiger partial charge >= 0.3 is 5.63 Å². The van der Waals surface area contributed by atoms with Crippen LogP contribution in [0, 0.1) is 0 Å². The zero-order valence-electron chi connectivity index (χ0n) is 14.7. The first kappa shape index (κ1) is 17.5. The predicted molar refractivity (Wildman–Crippen MR) is 97.7 cm³/mol. The molecule has 1 N–H and O–H groups in total. The number of aromatic nitrogens is 1. The van der Waals surface area contributed by atoms with Crippen LogP contribution in [0.15, 0.2) is 45.6 Å². The Morgan fingerprint density at radius 2 is 1.77 bits per heavy atom. The molecule has 0 radical (unpaired) electrons. The molecule has 1 heterocycles. The van der Waals surface area contributed by atoms with Crippen LogP contribution in [0.2, 0.25) is 0 Å². The fourth-order valence-corrected chi connectivity index (χ4v) is 2.47. The van der Waals surface area contributed by atoms with Crippen molar-refractivity contribution < 1.29 is 18.7 Å². The number of benzene rings is 2. The monoisotopic (exact) mass is 354 g/mol. The Balaban J connectivity index is 2.03. The van der Waals surface area contributed by atoms with E-state index in [0.29, 0.717) is 40.1 Å². The summed E-state index contributed by atoms with van der Waals surface area (Å²) in [4.78, 5) is 28.2. The second kappa shape index (κ2) is 7.26. The van der Waals surface area contributed by atoms with Crippen LogP contribution < -0.4 is 20.4 Å². The molecule has 0 spiro atoms. The van der Waals surface area contributed by atoms with Crippen molar-refractivity contribution in [3.8, 4) is 23.0 Å². The molecule has 0 saturated carbocycles. The second-order valence-corrected chi connectivity index (χ2v) is 5.51. The number of rotatable bonds is 5. The van der Waals surface area contributed by atoms with Crippen molar-refractivity contribution in [2.24, 2.45) is 0 Å². The minimum absolute atomic E-state index is 0.0749. The number of nitrogens with one attached hydrogen (secondary N) is 1. The van der Waals surface area contributed by atoms with Gasteiger partial charge in [0.2, 0.25) is 11.8 Å². The SMILES string of the molecule is CCC(=O)Nc1ccc(-c2nc3cc(OC)c(OC)cc3c(=O)o2)cc1. The summed E-state index contributed by atoms with van der Waals surface area (Å²) in [6.07, 6.45) is 0.397. The lowest BCUT2D eigenvalue weighted by molar-refractivity contribution is -0.115. The van der Waals surface area contributed by atoms with E-state index in [1.807, 2.05) is 0 Å². The van der Waals surface area contributed by atoms with E-state index in [9.17, 15) is 9.59 Å². The van der Waals surface area contributed by atoms with Crippen molar-refractivity contribution in [2.45, 2.75) is 13.3 Å². The van der Waals surface area contributed by atoms with Crippen molar-refractivity contribution in [3.63, 3.8) is 0 Å². The van der Waals surface area contributed by atoms with Gasteiger partial charge in [-0.3, -0.25) is 4.79 Å². The van der Waals surface area contributed by atoms with Gasteiger partial charge in [0, 0.05) is 29.8 Å². The molecule has 0 saturated heterocycles. The highest BCUT2D eigenvalue weighted by Gasteiger charge is 2.13. The number of ether oxygens (including phenoxy) is 2. The number of nitrogens with zero attached hydrogens (tertiary/aromatic N) is 1. The number of hydrogen-bond acceptors (Lipinski definition) is 6. The smallest absolute Gasteiger partial charge is 0.347 e. The van der Waals surface area contributed by atoms with E-state index >= 15 is 0 Å². The molecule has 0 unspecified atom stereocenters. The van der Waals surface area contributed by atoms with Crippen molar-refractivity contribution >= 4 is 22.5 Å². The molecule has 26 heavy (non-hydrogen) atoms. The highest BCUT2D eigenvalue weighted by Crippen LogP contribution is 2.31. The molecule has 0 aliphatic rings. The van der Waals surface area contributed by atoms with Crippen molar-refractivity contribution in [3.05, 3.63) is 46.8 Å². The van der Waals surface area contributed by atoms with Gasteiger partial charge in [0.25, 0.3) is 0 Å². The predicted octanol–water partition coefficient (Wildman–Crippen LogP) is 3.22. The zero-order chi connectivity index (χ0) is 18.7. The number of amides is 1. The first-order valence-corrected chi connectivity index (χ1v) is 8.03. The quantitative estimate of drug-likeness (QED) is 0.756. The average Bonchev–Trinajstić information content (AvgIpc) is 2.67. The molecule has 1 amide bonds. The first-order chi connectivity index (χ1) is 12.5. The summed E-state index contributed by atoms with van der Waals surface area (Å²) in [5, 5.41) is 3.06. The maximum Gasteiger partial charge on any atom is 0.347 e. The van der Waals surface area contributed by atoms with Crippen LogP contribution in [0.3, 0.4) is 0 Å². The van der Waals surface area contributed by atoms with Crippen molar-refractivity contribution in [1.29, 1.82) is 0 Å². The summed E-state index contributed by atoms with van der Waals surface area (Å²) in [7, 11) is 3.01. The maximum absolute atomic E-state index is 12.3. The van der Waals surface area contributed by atoms with E-state index in [4.69, 9.17) is 13.9 Å². The Morgan fingerprint density at radius 1 is 1.12 bits per heavy atom. The largest absolute Gasteiger partial charge is 0.493 e. The molecule has 134 valence electrons. The van der Waals surface area contributed by atoms with Crippen LogP contribution in [0.5, 0.6) is 11.5 Å². The van der Waals surface area contributed by atoms with Gasteiger partial charge in [-0.1, -0.05) is 6.92 Å². The number of carbonyl (C=O) groups is 1. The van der Waals surface area contributed by atoms with Gasteiger partial charge < -0.3 is 19.2 Å². The van der Waals surface area contributed by atoms with E-state index in [1.165, 1.54) is 14.2 Å². The molecular formula is C19H18N2O5. The summed E-state index contributed by atoms with van der Waals surface area (Å²) < 4.78 is 15.8. The third-order valence-corrected chi connectivity index (χ3v) is 3.87. The van der Waals surface area contributed by atoms with E-state index in [1.54, 1.807) is 43.3 Å². The summed E-state index contributed by atoms with van der Waals surface area (Å²) >= 11 is 0. The van der Waals surface area contributed by atoms with Gasteiger partial charge in [0.15, 0.2) is 11.5 Å². The van der Waals surface area contributed by atoms with Crippen LogP contribution in [0.1, 0.15) is 13.3 Å². The maximum atomic E-state index is 12.3. The number of methoxy groups -OCH3 is 2. The van der Waals surface area contributed by atoms with Gasteiger partial charge in [0.1, 0.15) is 0 Å². The van der Waals surface area contributed by atoms with Crippen LogP contribution in [-0.2, 0) is 4.79 Å². The summed E-state index contributed by atoms with van der Waals surface area (Å²) in [5.41, 5.74) is 1.20. The number of carbonyl (C=O) groups excluding carboxylic acids is 1. The van der Waals surface area contributed by atoms with Gasteiger partial charge in [-0.25, -0.2) is 9.78 Å². The Bertz CT molecular complexity index is 1010. The molecule has 0 atom stereocenters. The molecule has 0 aliphatic carbocycles. The molecule has 0 fully saturated rings. The van der Waals surface area contributed by atoms with Gasteiger partial charge in [-0.15, -0.1) is 0 Å². The summed E-state index contributed by atoms with van der Waals surface area (Å²) in [5.74, 6) is 1.01. The van der Waals surface area contributed by atoms with E-state index in [-0.39, 0.29) is 11.8 Å². The lowest BCUT2D eigenvalue weighted by Crippen LogP contribution is -2.09. The lowest BCUT2D eigenvalue weighted by Gasteiger charge is -2.09. The zero-order valence-corrected chi connectivity index (χ0v) is 14.7. The van der Waals surface area contributed by atoms with Gasteiger partial charge in [-0.2, -0.15) is 0 Å². The van der Waals surface area contributed by atoms with Crippen molar-refractivity contribution in [2.75, 3.05) is 19.5 Å². The molecule has 3 rings (SSSR count). The van der Waals surface area contributed by atoms with Crippen molar-refractivity contribution in [1.82, 2.24) is 4.98 Å². The van der Waals surface area contributed by atoms with E-state index in [2.05, 4.69) is 10.3 Å². The summed E-state index contributed by atoms with van der Waals surface area (Å²) in [6.45, 7) is 1.78. The fraction of sp³-hybridized carbons (Fsp3) is 0.211. The minimum atomic E-state index is -0.519. The van der Waals surface area contributed by atoms with Crippen LogP contribution in [-0.4, -0.2) is 25.1 Å². The van der Waals surface area contributed by atoms with Gasteiger partial charge in [0.05, 0.1) is 25.1 Å². The van der Waals surface area contributed by atoms with E-state index < -0.39 is 5.63 Å². The third kappa shape index (κ3) is 3.37. The standard InChI is InChI=1S/C19H18N2O5/c1-4-17(22)20-12-7-5-11(6-8-12)18-21-14-10-16(25-3)15(24-2)9-13(14)19(23)26-18/h5-10H,4H2,1-3H3,(H,20,22). The second-order valence-electron chi connectivity index (χ2n) is 5.51. The Hall–Kier alpha value is -3.35. The minimum Gasteiger partial charge on any atom is -0.493 e. The van der Waals surface area contributed by atoms with E-state index in [0.717, 1.165) is 0 Å². The molecule has 1 aromatic heterocycles. The molecule has 7 heteroatoms. The number of anilines is 1. The number of fused-ring (bicyclic) bond motifs is 1. The number of hydrogen-bond donors (Lipinski definition) is 1. The highest BCUT2D eigenvalue weighted by molar-refractivity contribution is 5.90. The van der Waals surface area contributed by atoms with Crippen LogP contribution in [0.25, 0.3) is 22.4 Å². The Kier molecular flexibility index (Phi) is 4.88. The molecule has 0 bridgehead atoms. The fourth-order valence-electron chi connectivity index (χ4n) is 2.47. The topological polar surface area (TPSA) is 90.7 Å². The Labute approximate surface area is 149 Å². The molecule has 0 aliphatic heterocycles. The third-order valence-electron chi connectivity index (χ3n) is 3.87. The normalized spacial score (nSPS) is 10.6. The highest BCUT2D eigenvalue weighted by atomic mass is 16.5. The van der Waals surface area contributed by atoms with Crippen LogP contribution in [0.4, 0.5) is 5.69 Å². The average molecular weight is 354 g/mol. The molecule has 3 aromatic rings. The molecular weight excluding hydrogens is 336 g/mol. The molecule has 2 aromatic carbocycles. The first-order valence-electron chi connectivity index (χ1n) is 8.03. The lowest BCUT2D eigenvalue weighted by atomic mass is 10.2.